The topological polar surface area (TPSA) is 109 Å². The number of primary amides is 1. The van der Waals surface area contributed by atoms with Crippen molar-refractivity contribution in [2.45, 2.75) is 45.1 Å². The molecule has 0 aromatic rings. The molecule has 2 unspecified atom stereocenters. The normalized spacial score (nSPS) is 24.5. The van der Waals surface area contributed by atoms with Crippen molar-refractivity contribution in [2.24, 2.45) is 17.6 Å². The lowest BCUT2D eigenvalue weighted by molar-refractivity contribution is -0.143. The summed E-state index contributed by atoms with van der Waals surface area (Å²) < 4.78 is 0. The van der Waals surface area contributed by atoms with Crippen LogP contribution in [0.5, 0.6) is 0 Å². The molecule has 3 atom stereocenters. The number of amides is 2. The Labute approximate surface area is 106 Å². The molecule has 1 aliphatic carbocycles. The molecule has 102 valence electrons. The Kier molecular flexibility index (Phi) is 5.12. The largest absolute Gasteiger partial charge is 0.480 e. The molecule has 2 amide bonds. The van der Waals surface area contributed by atoms with Crippen molar-refractivity contribution in [2.75, 3.05) is 0 Å². The fraction of sp³-hybridized carbons (Fsp3) is 0.750. The standard InChI is InChI=1S/C12H20N2O4/c1-7-3-2-4-8(7)11(16)14-9(12(17)18)5-6-10(13)15/h7-9H,2-6H2,1H3,(H2,13,15)(H,14,16)(H,17,18)/t7?,8?,9-/m1/s1. The van der Waals surface area contributed by atoms with Gasteiger partial charge in [0.25, 0.3) is 0 Å². The van der Waals surface area contributed by atoms with Crippen LogP contribution in [0.1, 0.15) is 39.0 Å². The third kappa shape index (κ3) is 4.01. The Morgan fingerprint density at radius 3 is 2.50 bits per heavy atom. The van der Waals surface area contributed by atoms with E-state index < -0.39 is 17.9 Å². The van der Waals surface area contributed by atoms with Crippen LogP contribution in [-0.2, 0) is 14.4 Å². The van der Waals surface area contributed by atoms with E-state index in [1.807, 2.05) is 6.92 Å². The second-order valence-electron chi connectivity index (χ2n) is 4.92. The molecule has 0 aliphatic heterocycles. The van der Waals surface area contributed by atoms with Gasteiger partial charge in [-0.3, -0.25) is 9.59 Å². The zero-order valence-corrected chi connectivity index (χ0v) is 10.5. The van der Waals surface area contributed by atoms with Crippen molar-refractivity contribution >= 4 is 17.8 Å². The van der Waals surface area contributed by atoms with Crippen molar-refractivity contribution in [3.05, 3.63) is 0 Å². The summed E-state index contributed by atoms with van der Waals surface area (Å²) in [5, 5.41) is 11.5. The van der Waals surface area contributed by atoms with E-state index >= 15 is 0 Å². The molecule has 1 saturated carbocycles. The molecule has 6 heteroatoms. The number of carboxylic acid groups (broad SMARTS) is 1. The number of hydrogen-bond acceptors (Lipinski definition) is 3. The van der Waals surface area contributed by atoms with E-state index in [1.54, 1.807) is 0 Å². The summed E-state index contributed by atoms with van der Waals surface area (Å²) in [6, 6.07) is -1.03. The van der Waals surface area contributed by atoms with Crippen LogP contribution in [-0.4, -0.2) is 28.9 Å². The van der Waals surface area contributed by atoms with Gasteiger partial charge in [-0.1, -0.05) is 13.3 Å². The monoisotopic (exact) mass is 256 g/mol. The molecular formula is C12H20N2O4. The van der Waals surface area contributed by atoms with Gasteiger partial charge in [-0.25, -0.2) is 4.79 Å². The van der Waals surface area contributed by atoms with E-state index in [-0.39, 0.29) is 30.6 Å². The third-order valence-electron chi connectivity index (χ3n) is 3.49. The van der Waals surface area contributed by atoms with Gasteiger partial charge < -0.3 is 16.2 Å². The summed E-state index contributed by atoms with van der Waals surface area (Å²) in [6.45, 7) is 2.00. The number of nitrogens with one attached hydrogen (secondary N) is 1. The molecule has 0 aromatic carbocycles. The van der Waals surface area contributed by atoms with Crippen LogP contribution >= 0.6 is 0 Å². The Bertz CT molecular complexity index is 343. The maximum absolute atomic E-state index is 11.9. The fourth-order valence-electron chi connectivity index (χ4n) is 2.36. The van der Waals surface area contributed by atoms with Gasteiger partial charge in [0.15, 0.2) is 0 Å². The number of nitrogens with two attached hydrogens (primary N) is 1. The van der Waals surface area contributed by atoms with Crippen LogP contribution < -0.4 is 11.1 Å². The molecule has 1 aliphatic rings. The van der Waals surface area contributed by atoms with E-state index in [1.165, 1.54) is 0 Å². The molecule has 1 rings (SSSR count). The van der Waals surface area contributed by atoms with E-state index in [4.69, 9.17) is 10.8 Å². The Morgan fingerprint density at radius 1 is 1.39 bits per heavy atom. The van der Waals surface area contributed by atoms with Crippen LogP contribution in [0.3, 0.4) is 0 Å². The number of aliphatic carboxylic acids is 1. The van der Waals surface area contributed by atoms with Gasteiger partial charge in [-0.05, 0) is 25.2 Å². The van der Waals surface area contributed by atoms with Gasteiger partial charge in [0, 0.05) is 12.3 Å². The first-order valence-corrected chi connectivity index (χ1v) is 6.23. The van der Waals surface area contributed by atoms with Gasteiger partial charge in [-0.2, -0.15) is 0 Å². The van der Waals surface area contributed by atoms with Gasteiger partial charge in [0.1, 0.15) is 6.04 Å². The Balaban J connectivity index is 2.52. The Morgan fingerprint density at radius 2 is 2.06 bits per heavy atom. The quantitative estimate of drug-likeness (QED) is 0.633. The van der Waals surface area contributed by atoms with Crippen molar-refractivity contribution < 1.29 is 19.5 Å². The molecule has 0 saturated heterocycles. The third-order valence-corrected chi connectivity index (χ3v) is 3.49. The number of carbonyl (C=O) groups is 3. The molecule has 6 nitrogen and oxygen atoms in total. The number of rotatable bonds is 6. The lowest BCUT2D eigenvalue weighted by atomic mass is 9.96. The van der Waals surface area contributed by atoms with Crippen LogP contribution in [0.4, 0.5) is 0 Å². The molecular weight excluding hydrogens is 236 g/mol. The van der Waals surface area contributed by atoms with E-state index in [0.717, 1.165) is 19.3 Å². The minimum absolute atomic E-state index is 0.0392. The number of carbonyl (C=O) groups excluding carboxylic acids is 2. The van der Waals surface area contributed by atoms with E-state index in [0.29, 0.717) is 0 Å². The van der Waals surface area contributed by atoms with Crippen molar-refractivity contribution in [1.82, 2.24) is 5.32 Å². The maximum atomic E-state index is 11.9. The zero-order valence-electron chi connectivity index (χ0n) is 10.5. The highest BCUT2D eigenvalue weighted by molar-refractivity contribution is 5.85. The summed E-state index contributed by atoms with van der Waals surface area (Å²) >= 11 is 0. The zero-order chi connectivity index (χ0) is 13.7. The predicted octanol–water partition coefficient (Wildman–Crippen LogP) is 0.258. The molecule has 0 aromatic heterocycles. The molecule has 0 spiro atoms. The summed E-state index contributed by atoms with van der Waals surface area (Å²) in [5.41, 5.74) is 4.97. The summed E-state index contributed by atoms with van der Waals surface area (Å²) in [4.78, 5) is 33.5. The van der Waals surface area contributed by atoms with Crippen LogP contribution in [0.2, 0.25) is 0 Å². The van der Waals surface area contributed by atoms with Crippen molar-refractivity contribution in [3.63, 3.8) is 0 Å². The first-order chi connectivity index (χ1) is 8.41. The lowest BCUT2D eigenvalue weighted by Gasteiger charge is -2.19. The highest BCUT2D eigenvalue weighted by Crippen LogP contribution is 2.31. The first-order valence-electron chi connectivity index (χ1n) is 6.23. The van der Waals surface area contributed by atoms with Gasteiger partial charge in [0.2, 0.25) is 11.8 Å². The van der Waals surface area contributed by atoms with Crippen LogP contribution in [0.15, 0.2) is 0 Å². The maximum Gasteiger partial charge on any atom is 0.326 e. The molecule has 1 fully saturated rings. The highest BCUT2D eigenvalue weighted by Gasteiger charge is 2.32. The summed E-state index contributed by atoms with van der Waals surface area (Å²) in [7, 11) is 0. The van der Waals surface area contributed by atoms with Crippen molar-refractivity contribution in [1.29, 1.82) is 0 Å². The van der Waals surface area contributed by atoms with Crippen LogP contribution in [0, 0.1) is 11.8 Å². The average Bonchev–Trinajstić information content (AvgIpc) is 2.69. The van der Waals surface area contributed by atoms with Gasteiger partial charge in [0.05, 0.1) is 0 Å². The molecule has 0 heterocycles. The fourth-order valence-corrected chi connectivity index (χ4v) is 2.36. The summed E-state index contributed by atoms with van der Waals surface area (Å²) in [5.74, 6) is -1.74. The highest BCUT2D eigenvalue weighted by atomic mass is 16.4. The molecule has 4 N–H and O–H groups in total. The predicted molar refractivity (Wildman–Crippen MR) is 64.5 cm³/mol. The molecule has 0 radical (unpaired) electrons. The van der Waals surface area contributed by atoms with E-state index in [2.05, 4.69) is 5.32 Å². The van der Waals surface area contributed by atoms with Gasteiger partial charge >= 0.3 is 5.97 Å². The van der Waals surface area contributed by atoms with Crippen molar-refractivity contribution in [3.8, 4) is 0 Å². The minimum atomic E-state index is -1.13. The Hall–Kier alpha value is -1.59. The average molecular weight is 256 g/mol. The second-order valence-corrected chi connectivity index (χ2v) is 4.92. The second kappa shape index (κ2) is 6.37. The van der Waals surface area contributed by atoms with E-state index in [9.17, 15) is 14.4 Å². The smallest absolute Gasteiger partial charge is 0.326 e. The summed E-state index contributed by atoms with van der Waals surface area (Å²) in [6.07, 6.45) is 2.79. The molecule has 18 heavy (non-hydrogen) atoms. The van der Waals surface area contributed by atoms with Gasteiger partial charge in [-0.15, -0.1) is 0 Å². The SMILES string of the molecule is CC1CCCC1C(=O)N[C@H](CCC(N)=O)C(=O)O. The molecule has 0 bridgehead atoms. The lowest BCUT2D eigenvalue weighted by Crippen LogP contribution is -2.44. The number of carboxylic acids is 1. The minimum Gasteiger partial charge on any atom is -0.480 e. The first kappa shape index (κ1) is 14.5. The van der Waals surface area contributed by atoms with Crippen LogP contribution in [0.25, 0.3) is 0 Å². The number of hydrogen-bond donors (Lipinski definition) is 3.